The van der Waals surface area contributed by atoms with Crippen LogP contribution in [0.4, 0.5) is 4.39 Å². The molecule has 0 radical (unpaired) electrons. The summed E-state index contributed by atoms with van der Waals surface area (Å²) in [7, 11) is 1.88. The summed E-state index contributed by atoms with van der Waals surface area (Å²) >= 11 is 0. The fourth-order valence-corrected chi connectivity index (χ4v) is 2.42. The molecule has 3 rings (SSSR count). The van der Waals surface area contributed by atoms with Crippen LogP contribution < -0.4 is 0 Å². The van der Waals surface area contributed by atoms with Gasteiger partial charge < -0.3 is 9.47 Å². The minimum atomic E-state index is -0.243. The fourth-order valence-electron chi connectivity index (χ4n) is 2.42. The SMILES string of the molecule is Cn1nc(-c2ccc(F)cc2)cc1COC1CCCCO1. The van der Waals surface area contributed by atoms with Crippen LogP contribution in [-0.2, 0) is 23.1 Å². The van der Waals surface area contributed by atoms with Gasteiger partial charge in [-0.25, -0.2) is 4.39 Å². The Balaban J connectivity index is 1.67. The van der Waals surface area contributed by atoms with Crippen LogP contribution in [-0.4, -0.2) is 22.7 Å². The molecule has 0 saturated carbocycles. The van der Waals surface area contributed by atoms with Gasteiger partial charge in [-0.05, 0) is 49.6 Å². The predicted octanol–water partition coefficient (Wildman–Crippen LogP) is 3.27. The van der Waals surface area contributed by atoms with E-state index in [2.05, 4.69) is 5.10 Å². The van der Waals surface area contributed by atoms with Crippen LogP contribution in [0.5, 0.6) is 0 Å². The van der Waals surface area contributed by atoms with Gasteiger partial charge in [0.15, 0.2) is 6.29 Å². The Hall–Kier alpha value is -1.72. The monoisotopic (exact) mass is 290 g/mol. The van der Waals surface area contributed by atoms with Crippen molar-refractivity contribution < 1.29 is 13.9 Å². The van der Waals surface area contributed by atoms with E-state index in [1.165, 1.54) is 12.1 Å². The van der Waals surface area contributed by atoms with E-state index in [9.17, 15) is 4.39 Å². The third-order valence-electron chi connectivity index (χ3n) is 3.67. The Bertz CT molecular complexity index is 589. The van der Waals surface area contributed by atoms with Crippen molar-refractivity contribution in [3.05, 3.63) is 41.8 Å². The normalized spacial score (nSPS) is 18.9. The highest BCUT2D eigenvalue weighted by Crippen LogP contribution is 2.21. The molecule has 1 atom stereocenters. The lowest BCUT2D eigenvalue weighted by Crippen LogP contribution is -2.22. The molecule has 0 bridgehead atoms. The summed E-state index contributed by atoms with van der Waals surface area (Å²) in [6, 6.07) is 8.31. The van der Waals surface area contributed by atoms with Crippen LogP contribution in [0.2, 0.25) is 0 Å². The second-order valence-electron chi connectivity index (χ2n) is 5.26. The van der Waals surface area contributed by atoms with Crippen molar-refractivity contribution >= 4 is 0 Å². The zero-order valence-corrected chi connectivity index (χ0v) is 12.1. The van der Waals surface area contributed by atoms with Crippen molar-refractivity contribution in [2.24, 2.45) is 7.05 Å². The first kappa shape index (κ1) is 14.2. The average Bonchev–Trinajstić information content (AvgIpc) is 2.88. The molecule has 0 spiro atoms. The Morgan fingerprint density at radius 3 is 2.86 bits per heavy atom. The topological polar surface area (TPSA) is 36.3 Å². The van der Waals surface area contributed by atoms with Gasteiger partial charge in [0.1, 0.15) is 5.82 Å². The van der Waals surface area contributed by atoms with E-state index < -0.39 is 0 Å². The lowest BCUT2D eigenvalue weighted by Gasteiger charge is -2.22. The Morgan fingerprint density at radius 1 is 1.33 bits per heavy atom. The van der Waals surface area contributed by atoms with Gasteiger partial charge in [0, 0.05) is 19.2 Å². The molecule has 0 aliphatic carbocycles. The van der Waals surface area contributed by atoms with Crippen LogP contribution in [0.15, 0.2) is 30.3 Å². The van der Waals surface area contributed by atoms with Gasteiger partial charge in [0.05, 0.1) is 18.0 Å². The highest BCUT2D eigenvalue weighted by Gasteiger charge is 2.15. The first-order valence-electron chi connectivity index (χ1n) is 7.24. The first-order chi connectivity index (χ1) is 10.2. The summed E-state index contributed by atoms with van der Waals surface area (Å²) in [5.41, 5.74) is 2.69. The number of ether oxygens (including phenoxy) is 2. The van der Waals surface area contributed by atoms with Crippen LogP contribution in [0, 0.1) is 5.82 Å². The van der Waals surface area contributed by atoms with E-state index in [0.29, 0.717) is 6.61 Å². The van der Waals surface area contributed by atoms with E-state index in [1.54, 1.807) is 16.8 Å². The maximum atomic E-state index is 13.0. The number of benzene rings is 1. The van der Waals surface area contributed by atoms with Crippen molar-refractivity contribution in [1.82, 2.24) is 9.78 Å². The zero-order valence-electron chi connectivity index (χ0n) is 12.1. The van der Waals surface area contributed by atoms with Gasteiger partial charge in [-0.15, -0.1) is 0 Å². The molecule has 1 fully saturated rings. The largest absolute Gasteiger partial charge is 0.353 e. The molecule has 1 unspecified atom stereocenters. The summed E-state index contributed by atoms with van der Waals surface area (Å²) < 4.78 is 26.1. The van der Waals surface area contributed by atoms with E-state index in [-0.39, 0.29) is 12.1 Å². The molecule has 2 aromatic rings. The van der Waals surface area contributed by atoms with Gasteiger partial charge in [-0.3, -0.25) is 4.68 Å². The standard InChI is InChI=1S/C16H19FN2O2/c1-19-14(11-21-16-4-2-3-9-20-16)10-15(18-19)12-5-7-13(17)8-6-12/h5-8,10,16H,2-4,9,11H2,1H3. The summed E-state index contributed by atoms with van der Waals surface area (Å²) in [5.74, 6) is -0.243. The number of hydrogen-bond donors (Lipinski definition) is 0. The molecular weight excluding hydrogens is 271 g/mol. The number of halogens is 1. The Morgan fingerprint density at radius 2 is 2.14 bits per heavy atom. The molecule has 1 aromatic carbocycles. The summed E-state index contributed by atoms with van der Waals surface area (Å²) in [4.78, 5) is 0. The molecule has 112 valence electrons. The number of rotatable bonds is 4. The second-order valence-corrected chi connectivity index (χ2v) is 5.26. The van der Waals surface area contributed by atoms with Crippen molar-refractivity contribution in [3.63, 3.8) is 0 Å². The smallest absolute Gasteiger partial charge is 0.158 e. The molecule has 1 saturated heterocycles. The van der Waals surface area contributed by atoms with E-state index in [1.807, 2.05) is 13.1 Å². The van der Waals surface area contributed by atoms with Gasteiger partial charge in [-0.1, -0.05) is 0 Å². The molecule has 1 aliphatic heterocycles. The molecule has 0 amide bonds. The lowest BCUT2D eigenvalue weighted by atomic mass is 10.1. The van der Waals surface area contributed by atoms with E-state index >= 15 is 0 Å². The Kier molecular flexibility index (Phi) is 4.31. The number of aromatic nitrogens is 2. The molecular formula is C16H19FN2O2. The van der Waals surface area contributed by atoms with Crippen LogP contribution in [0.25, 0.3) is 11.3 Å². The predicted molar refractivity (Wildman–Crippen MR) is 77.0 cm³/mol. The lowest BCUT2D eigenvalue weighted by molar-refractivity contribution is -0.169. The van der Waals surface area contributed by atoms with E-state index in [4.69, 9.17) is 9.47 Å². The number of nitrogens with zero attached hydrogens (tertiary/aromatic N) is 2. The minimum Gasteiger partial charge on any atom is -0.353 e. The van der Waals surface area contributed by atoms with Gasteiger partial charge >= 0.3 is 0 Å². The van der Waals surface area contributed by atoms with Gasteiger partial charge in [0.2, 0.25) is 0 Å². The maximum Gasteiger partial charge on any atom is 0.158 e. The molecule has 21 heavy (non-hydrogen) atoms. The van der Waals surface area contributed by atoms with E-state index in [0.717, 1.165) is 42.8 Å². The minimum absolute atomic E-state index is 0.108. The quantitative estimate of drug-likeness (QED) is 0.867. The van der Waals surface area contributed by atoms with Crippen molar-refractivity contribution in [2.45, 2.75) is 32.2 Å². The molecule has 2 heterocycles. The molecule has 0 N–H and O–H groups in total. The molecule has 4 nitrogen and oxygen atoms in total. The Labute approximate surface area is 123 Å². The zero-order chi connectivity index (χ0) is 14.7. The number of aryl methyl sites for hydroxylation is 1. The van der Waals surface area contributed by atoms with Gasteiger partial charge in [-0.2, -0.15) is 5.10 Å². The summed E-state index contributed by atoms with van der Waals surface area (Å²) in [6.07, 6.45) is 3.10. The molecule has 1 aliphatic rings. The highest BCUT2D eigenvalue weighted by molar-refractivity contribution is 5.59. The van der Waals surface area contributed by atoms with Crippen molar-refractivity contribution in [2.75, 3.05) is 6.61 Å². The third-order valence-corrected chi connectivity index (χ3v) is 3.67. The van der Waals surface area contributed by atoms with Crippen LogP contribution in [0.3, 0.4) is 0 Å². The maximum absolute atomic E-state index is 13.0. The van der Waals surface area contributed by atoms with Gasteiger partial charge in [0.25, 0.3) is 0 Å². The summed E-state index contributed by atoms with van der Waals surface area (Å²) in [6.45, 7) is 1.24. The molecule has 1 aromatic heterocycles. The van der Waals surface area contributed by atoms with Crippen molar-refractivity contribution in [1.29, 1.82) is 0 Å². The third kappa shape index (κ3) is 3.49. The second kappa shape index (κ2) is 6.37. The number of hydrogen-bond acceptors (Lipinski definition) is 3. The first-order valence-corrected chi connectivity index (χ1v) is 7.24. The highest BCUT2D eigenvalue weighted by atomic mass is 19.1. The van der Waals surface area contributed by atoms with Crippen LogP contribution >= 0.6 is 0 Å². The van der Waals surface area contributed by atoms with Crippen molar-refractivity contribution in [3.8, 4) is 11.3 Å². The summed E-state index contributed by atoms with van der Waals surface area (Å²) in [5, 5.41) is 4.45. The van der Waals surface area contributed by atoms with Crippen LogP contribution in [0.1, 0.15) is 25.0 Å². The average molecular weight is 290 g/mol. The fraction of sp³-hybridized carbons (Fsp3) is 0.438. The molecule has 5 heteroatoms.